The fourth-order valence-corrected chi connectivity index (χ4v) is 3.55. The summed E-state index contributed by atoms with van der Waals surface area (Å²) in [6.45, 7) is 1.77. The fraction of sp³-hybridized carbons (Fsp3) is 0.238. The summed E-state index contributed by atoms with van der Waals surface area (Å²) in [4.78, 5) is 41.7. The van der Waals surface area contributed by atoms with Crippen molar-refractivity contribution in [1.29, 1.82) is 0 Å². The van der Waals surface area contributed by atoms with Crippen molar-refractivity contribution in [2.24, 2.45) is 7.05 Å². The number of nitrogens with zero attached hydrogens (tertiary/aromatic N) is 5. The molecule has 8 nitrogen and oxygen atoms in total. The normalized spacial score (nSPS) is 14.0. The Morgan fingerprint density at radius 2 is 1.52 bits per heavy atom. The minimum atomic E-state index is -0.749. The van der Waals surface area contributed by atoms with E-state index in [2.05, 4.69) is 5.10 Å². The summed E-state index contributed by atoms with van der Waals surface area (Å²) >= 11 is 5.90. The Balaban J connectivity index is 1.59. The molecule has 0 unspecified atom stereocenters. The smallest absolute Gasteiger partial charge is 0.351 e. The van der Waals surface area contributed by atoms with Gasteiger partial charge in [0.05, 0.1) is 5.69 Å². The lowest BCUT2D eigenvalue weighted by atomic mass is 10.2. The van der Waals surface area contributed by atoms with E-state index in [0.29, 0.717) is 36.9 Å². The highest BCUT2D eigenvalue weighted by molar-refractivity contribution is 6.30. The van der Waals surface area contributed by atoms with Crippen LogP contribution in [0.5, 0.6) is 0 Å². The average Bonchev–Trinajstić information content (AvgIpc) is 2.79. The maximum atomic E-state index is 13.1. The maximum Gasteiger partial charge on any atom is 0.351 e. The van der Waals surface area contributed by atoms with Gasteiger partial charge in [0.15, 0.2) is 0 Å². The lowest BCUT2D eigenvalue weighted by Gasteiger charge is -2.35. The van der Waals surface area contributed by atoms with E-state index in [0.717, 1.165) is 14.9 Å². The summed E-state index contributed by atoms with van der Waals surface area (Å²) in [6, 6.07) is 12.5. The molecule has 0 aliphatic carbocycles. The molecule has 31 heavy (non-hydrogen) atoms. The summed E-state index contributed by atoms with van der Waals surface area (Å²) in [5.41, 5.74) is -0.488. The summed E-state index contributed by atoms with van der Waals surface area (Å²) in [5, 5.41) is 4.56. The number of rotatable bonds is 3. The van der Waals surface area contributed by atoms with Crippen LogP contribution >= 0.6 is 11.6 Å². The van der Waals surface area contributed by atoms with Crippen molar-refractivity contribution in [2.75, 3.05) is 31.1 Å². The quantitative estimate of drug-likeness (QED) is 0.615. The molecule has 0 N–H and O–H groups in total. The van der Waals surface area contributed by atoms with Gasteiger partial charge in [-0.05, 0) is 48.5 Å². The van der Waals surface area contributed by atoms with Gasteiger partial charge in [0.1, 0.15) is 5.82 Å². The number of amides is 1. The van der Waals surface area contributed by atoms with Crippen molar-refractivity contribution in [3.8, 4) is 5.69 Å². The predicted octanol–water partition coefficient (Wildman–Crippen LogP) is 1.69. The Morgan fingerprint density at radius 1 is 0.935 bits per heavy atom. The van der Waals surface area contributed by atoms with Crippen LogP contribution in [0.15, 0.2) is 58.1 Å². The highest BCUT2D eigenvalue weighted by Gasteiger charge is 2.27. The number of hydrogen-bond donors (Lipinski definition) is 0. The minimum Gasteiger partial charge on any atom is -0.368 e. The van der Waals surface area contributed by atoms with Crippen molar-refractivity contribution in [3.05, 3.63) is 85.9 Å². The highest BCUT2D eigenvalue weighted by Crippen LogP contribution is 2.17. The van der Waals surface area contributed by atoms with E-state index in [-0.39, 0.29) is 11.5 Å². The van der Waals surface area contributed by atoms with Crippen molar-refractivity contribution in [1.82, 2.24) is 19.2 Å². The van der Waals surface area contributed by atoms with Gasteiger partial charge in [-0.3, -0.25) is 14.2 Å². The van der Waals surface area contributed by atoms with Gasteiger partial charge in [-0.2, -0.15) is 9.78 Å². The second-order valence-corrected chi connectivity index (χ2v) is 7.58. The van der Waals surface area contributed by atoms with Crippen molar-refractivity contribution in [2.45, 2.75) is 0 Å². The lowest BCUT2D eigenvalue weighted by molar-refractivity contribution is 0.0735. The Labute approximate surface area is 181 Å². The standard InChI is InChI=1S/C21H19ClFN5O3/c1-25-19(29)18(24-28(21(25)31)17-6-2-14(22)3-7-17)20(30)27-12-10-26(11-13-27)16-8-4-15(23)5-9-16/h2-9H,10-13H2,1H3. The fourth-order valence-electron chi connectivity index (χ4n) is 3.43. The van der Waals surface area contributed by atoms with E-state index in [1.807, 2.05) is 4.90 Å². The largest absolute Gasteiger partial charge is 0.368 e. The number of hydrogen-bond acceptors (Lipinski definition) is 5. The third-order valence-corrected chi connectivity index (χ3v) is 5.46. The van der Waals surface area contributed by atoms with Crippen LogP contribution in [0.25, 0.3) is 5.69 Å². The summed E-state index contributed by atoms with van der Waals surface area (Å²) in [7, 11) is 1.31. The Kier molecular flexibility index (Phi) is 5.60. The SMILES string of the molecule is Cn1c(=O)c(C(=O)N2CCN(c3ccc(F)cc3)CC2)nn(-c2ccc(Cl)cc2)c1=O. The first kappa shape index (κ1) is 20.8. The topological polar surface area (TPSA) is 80.4 Å². The molecule has 3 aromatic rings. The Bertz CT molecular complexity index is 1230. The number of benzene rings is 2. The molecule has 1 amide bonds. The van der Waals surface area contributed by atoms with E-state index >= 15 is 0 Å². The molecule has 0 atom stereocenters. The van der Waals surface area contributed by atoms with Crippen LogP contribution in [0, 0.1) is 5.82 Å². The highest BCUT2D eigenvalue weighted by atomic mass is 35.5. The van der Waals surface area contributed by atoms with Gasteiger partial charge in [0, 0.05) is 43.9 Å². The van der Waals surface area contributed by atoms with E-state index < -0.39 is 17.2 Å². The molecular weight excluding hydrogens is 425 g/mol. The first-order chi connectivity index (χ1) is 14.8. The van der Waals surface area contributed by atoms with E-state index in [1.54, 1.807) is 36.4 Å². The molecule has 160 valence electrons. The summed E-state index contributed by atoms with van der Waals surface area (Å²) in [6.07, 6.45) is 0. The molecule has 4 rings (SSSR count). The molecule has 0 bridgehead atoms. The number of aromatic nitrogens is 3. The Hall–Kier alpha value is -3.46. The first-order valence-electron chi connectivity index (χ1n) is 9.61. The molecule has 0 radical (unpaired) electrons. The third kappa shape index (κ3) is 4.09. The van der Waals surface area contributed by atoms with Crippen LogP contribution in [-0.2, 0) is 7.05 Å². The van der Waals surface area contributed by atoms with E-state index in [1.165, 1.54) is 24.1 Å². The van der Waals surface area contributed by atoms with E-state index in [9.17, 15) is 18.8 Å². The van der Waals surface area contributed by atoms with Crippen LogP contribution in [-0.4, -0.2) is 51.3 Å². The zero-order valence-corrected chi connectivity index (χ0v) is 17.4. The minimum absolute atomic E-state index is 0.310. The monoisotopic (exact) mass is 443 g/mol. The van der Waals surface area contributed by atoms with Crippen LogP contribution < -0.4 is 16.1 Å². The molecule has 1 saturated heterocycles. The average molecular weight is 444 g/mol. The second-order valence-electron chi connectivity index (χ2n) is 7.14. The summed E-state index contributed by atoms with van der Waals surface area (Å²) < 4.78 is 15.0. The molecule has 2 heterocycles. The zero-order chi connectivity index (χ0) is 22.1. The molecule has 1 aliphatic heterocycles. The number of halogens is 2. The number of carbonyl (C=O) groups excluding carboxylic acids is 1. The van der Waals surface area contributed by atoms with Crippen LogP contribution in [0.1, 0.15) is 10.5 Å². The molecule has 10 heteroatoms. The lowest BCUT2D eigenvalue weighted by Crippen LogP contribution is -2.51. The molecule has 0 spiro atoms. The van der Waals surface area contributed by atoms with Gasteiger partial charge in [-0.25, -0.2) is 9.18 Å². The third-order valence-electron chi connectivity index (χ3n) is 5.21. The molecule has 1 aromatic heterocycles. The number of anilines is 1. The molecule has 1 aliphatic rings. The predicted molar refractivity (Wildman–Crippen MR) is 115 cm³/mol. The van der Waals surface area contributed by atoms with Gasteiger partial charge < -0.3 is 9.80 Å². The number of piperazine rings is 1. The van der Waals surface area contributed by atoms with Crippen LogP contribution in [0.4, 0.5) is 10.1 Å². The van der Waals surface area contributed by atoms with Crippen molar-refractivity contribution >= 4 is 23.2 Å². The number of carbonyl (C=O) groups is 1. The van der Waals surface area contributed by atoms with Gasteiger partial charge >= 0.3 is 5.69 Å². The second kappa shape index (κ2) is 8.35. The Morgan fingerprint density at radius 3 is 2.13 bits per heavy atom. The van der Waals surface area contributed by atoms with Gasteiger partial charge in [0.25, 0.3) is 11.5 Å². The molecule has 2 aromatic carbocycles. The molecule has 0 saturated carbocycles. The summed E-state index contributed by atoms with van der Waals surface area (Å²) in [5.74, 6) is -0.850. The van der Waals surface area contributed by atoms with Crippen molar-refractivity contribution < 1.29 is 9.18 Å². The van der Waals surface area contributed by atoms with Gasteiger partial charge in [-0.15, -0.1) is 0 Å². The maximum absolute atomic E-state index is 13.1. The van der Waals surface area contributed by atoms with Crippen LogP contribution in [0.3, 0.4) is 0 Å². The zero-order valence-electron chi connectivity index (χ0n) is 16.7. The van der Waals surface area contributed by atoms with E-state index in [4.69, 9.17) is 11.6 Å². The molecular formula is C21H19ClFN5O3. The van der Waals surface area contributed by atoms with Crippen molar-refractivity contribution in [3.63, 3.8) is 0 Å². The van der Waals surface area contributed by atoms with Crippen LogP contribution in [0.2, 0.25) is 5.02 Å². The first-order valence-corrected chi connectivity index (χ1v) is 9.99. The molecule has 1 fully saturated rings. The van der Waals surface area contributed by atoms with Gasteiger partial charge in [-0.1, -0.05) is 11.6 Å². The van der Waals surface area contributed by atoms with Gasteiger partial charge in [0.2, 0.25) is 5.69 Å².